The Morgan fingerprint density at radius 2 is 1.17 bits per heavy atom. The van der Waals surface area contributed by atoms with E-state index in [1.807, 2.05) is 0 Å². The van der Waals surface area contributed by atoms with E-state index >= 15 is 0 Å². The van der Waals surface area contributed by atoms with Gasteiger partial charge in [-0.1, -0.05) is 75.6 Å². The third-order valence-corrected chi connectivity index (χ3v) is 8.48. The van der Waals surface area contributed by atoms with Crippen LogP contribution in [-0.2, 0) is 0 Å². The van der Waals surface area contributed by atoms with Crippen molar-refractivity contribution in [2.45, 2.75) is 107 Å². The van der Waals surface area contributed by atoms with Gasteiger partial charge in [-0.15, -0.1) is 0 Å². The van der Waals surface area contributed by atoms with Crippen LogP contribution in [0, 0.1) is 27.7 Å². The summed E-state index contributed by atoms with van der Waals surface area (Å²) in [5.74, 6) is 1.59. The van der Waals surface area contributed by atoms with Gasteiger partial charge < -0.3 is 0 Å². The molecule has 0 saturated heterocycles. The van der Waals surface area contributed by atoms with E-state index < -0.39 is 0 Å². The average molecular weight is 425 g/mol. The Labute approximate surface area is 189 Å². The molecule has 0 spiro atoms. The van der Waals surface area contributed by atoms with Crippen LogP contribution in [0.4, 0.5) is 0 Å². The van der Waals surface area contributed by atoms with Gasteiger partial charge in [0.1, 0.15) is 0 Å². The van der Waals surface area contributed by atoms with Crippen LogP contribution >= 0.6 is 8.58 Å². The molecule has 0 aromatic heterocycles. The van der Waals surface area contributed by atoms with Gasteiger partial charge in [0, 0.05) is 0 Å². The second-order valence-corrected chi connectivity index (χ2v) is 11.4. The van der Waals surface area contributed by atoms with E-state index in [0.717, 1.165) is 8.58 Å². The quantitative estimate of drug-likeness (QED) is 0.293. The zero-order valence-electron chi connectivity index (χ0n) is 21.5. The Morgan fingerprint density at radius 1 is 0.667 bits per heavy atom. The summed E-state index contributed by atoms with van der Waals surface area (Å²) in [6.45, 7) is 25.8. The molecule has 0 bridgehead atoms. The maximum Gasteiger partial charge on any atom is -0.00691 e. The van der Waals surface area contributed by atoms with Crippen LogP contribution in [0.25, 0.3) is 11.1 Å². The third kappa shape index (κ3) is 5.02. The third-order valence-electron chi connectivity index (χ3n) is 6.90. The molecule has 0 aliphatic rings. The van der Waals surface area contributed by atoms with Crippen LogP contribution in [0.5, 0.6) is 0 Å². The van der Waals surface area contributed by atoms with Gasteiger partial charge in [0.05, 0.1) is 0 Å². The molecule has 1 unspecified atom stereocenters. The lowest BCUT2D eigenvalue weighted by Gasteiger charge is -2.28. The first-order valence-corrected chi connectivity index (χ1v) is 13.3. The highest BCUT2D eigenvalue weighted by atomic mass is 31.1. The Kier molecular flexibility index (Phi) is 8.76. The summed E-state index contributed by atoms with van der Waals surface area (Å²) >= 11 is 0. The topological polar surface area (TPSA) is 0 Å². The molecule has 2 aromatic carbocycles. The Bertz CT molecular complexity index is 855. The van der Waals surface area contributed by atoms with Crippen LogP contribution in [0.1, 0.15) is 118 Å². The predicted octanol–water partition coefficient (Wildman–Crippen LogP) is 9.06. The van der Waals surface area contributed by atoms with Crippen LogP contribution in [0.2, 0.25) is 0 Å². The Morgan fingerprint density at radius 3 is 1.60 bits per heavy atom. The van der Waals surface area contributed by atoms with Gasteiger partial charge in [-0.05, 0) is 113 Å². The first-order valence-electron chi connectivity index (χ1n) is 12.0. The highest BCUT2D eigenvalue weighted by Gasteiger charge is 2.24. The van der Waals surface area contributed by atoms with E-state index in [0.29, 0.717) is 17.8 Å². The molecule has 0 nitrogen and oxygen atoms in total. The lowest BCUT2D eigenvalue weighted by atomic mass is 9.79. The largest absolute Gasteiger partial charge is 0.0894 e. The fourth-order valence-electron chi connectivity index (χ4n) is 4.48. The highest BCUT2D eigenvalue weighted by Crippen LogP contribution is 2.42. The number of hydrogen-bond acceptors (Lipinski definition) is 0. The molecule has 1 atom stereocenters. The van der Waals surface area contributed by atoms with Crippen LogP contribution in [0.3, 0.4) is 0 Å². The van der Waals surface area contributed by atoms with Crippen LogP contribution in [0.15, 0.2) is 12.1 Å². The van der Waals surface area contributed by atoms with Crippen molar-refractivity contribution in [3.8, 4) is 11.1 Å². The van der Waals surface area contributed by atoms with Gasteiger partial charge in [-0.3, -0.25) is 0 Å². The molecule has 0 heterocycles. The number of hydrogen-bond donors (Lipinski definition) is 0. The smallest absolute Gasteiger partial charge is 0.00691 e. The fraction of sp³-hybridized carbons (Fsp3) is 0.586. The molecule has 0 radical (unpaired) electrons. The fourth-order valence-corrected chi connectivity index (χ4v) is 6.20. The Hall–Kier alpha value is -1.13. The molecular formula is C29H45P. The molecule has 0 aliphatic carbocycles. The monoisotopic (exact) mass is 424 g/mol. The first-order chi connectivity index (χ1) is 14.0. The lowest BCUT2D eigenvalue weighted by molar-refractivity contribution is 0.807. The standard InChI is InChI=1S/C29H45P/c1-12-13-14-30-29-23(11)21(9)20(8)22(10)27(29)28-25(18(4)5)15-24(17(2)3)16-26(28)19(6)7/h15-19,30H,12-14H2,1-11H3. The van der Waals surface area contributed by atoms with Gasteiger partial charge >= 0.3 is 0 Å². The van der Waals surface area contributed by atoms with Gasteiger partial charge in [0.2, 0.25) is 0 Å². The van der Waals surface area contributed by atoms with Crippen molar-refractivity contribution in [1.82, 2.24) is 0 Å². The number of benzene rings is 2. The first kappa shape index (κ1) is 25.1. The van der Waals surface area contributed by atoms with E-state index in [4.69, 9.17) is 0 Å². The SMILES string of the molecule is CCCCPc1c(C)c(C)c(C)c(C)c1-c1c(C(C)C)cc(C(C)C)cc1C(C)C. The highest BCUT2D eigenvalue weighted by molar-refractivity contribution is 7.47. The summed E-state index contributed by atoms with van der Waals surface area (Å²) in [6.07, 6.45) is 3.91. The zero-order chi connectivity index (χ0) is 22.7. The van der Waals surface area contributed by atoms with Crippen LogP contribution < -0.4 is 5.30 Å². The summed E-state index contributed by atoms with van der Waals surface area (Å²) in [6, 6.07) is 5.03. The second kappa shape index (κ2) is 10.5. The molecule has 0 amide bonds. The van der Waals surface area contributed by atoms with Crippen LogP contribution in [-0.4, -0.2) is 6.16 Å². The number of rotatable bonds is 8. The van der Waals surface area contributed by atoms with Crippen molar-refractivity contribution in [2.75, 3.05) is 6.16 Å². The summed E-state index contributed by atoms with van der Waals surface area (Å²) in [5.41, 5.74) is 13.7. The van der Waals surface area contributed by atoms with Crippen molar-refractivity contribution >= 4 is 13.9 Å². The minimum Gasteiger partial charge on any atom is -0.0894 e. The molecule has 0 saturated carbocycles. The van der Waals surface area contributed by atoms with E-state index in [2.05, 4.69) is 88.3 Å². The van der Waals surface area contributed by atoms with E-state index in [9.17, 15) is 0 Å². The summed E-state index contributed by atoms with van der Waals surface area (Å²) < 4.78 is 0. The molecule has 0 aliphatic heterocycles. The lowest BCUT2D eigenvalue weighted by Crippen LogP contribution is -2.15. The van der Waals surface area contributed by atoms with Crippen molar-refractivity contribution < 1.29 is 0 Å². The van der Waals surface area contributed by atoms with Gasteiger partial charge in [-0.2, -0.15) is 0 Å². The van der Waals surface area contributed by atoms with Crippen molar-refractivity contribution in [2.24, 2.45) is 0 Å². The van der Waals surface area contributed by atoms with Crippen molar-refractivity contribution in [3.05, 3.63) is 51.1 Å². The summed E-state index contributed by atoms with van der Waals surface area (Å²) in [4.78, 5) is 0. The zero-order valence-corrected chi connectivity index (χ0v) is 22.5. The molecule has 2 rings (SSSR count). The maximum absolute atomic E-state index is 2.51. The minimum atomic E-state index is 0.518. The molecule has 1 heteroatoms. The predicted molar refractivity (Wildman–Crippen MR) is 141 cm³/mol. The van der Waals surface area contributed by atoms with Gasteiger partial charge in [0.25, 0.3) is 0 Å². The molecule has 30 heavy (non-hydrogen) atoms. The molecule has 166 valence electrons. The van der Waals surface area contributed by atoms with E-state index in [1.54, 1.807) is 16.4 Å². The number of unbranched alkanes of at least 4 members (excludes halogenated alkanes) is 1. The van der Waals surface area contributed by atoms with Crippen molar-refractivity contribution in [3.63, 3.8) is 0 Å². The molecular weight excluding hydrogens is 379 g/mol. The van der Waals surface area contributed by atoms with Crippen molar-refractivity contribution in [1.29, 1.82) is 0 Å². The molecule has 0 N–H and O–H groups in total. The van der Waals surface area contributed by atoms with Gasteiger partial charge in [-0.25, -0.2) is 0 Å². The summed E-state index contributed by atoms with van der Waals surface area (Å²) in [5, 5.41) is 1.63. The van der Waals surface area contributed by atoms with E-state index in [-0.39, 0.29) is 0 Å². The average Bonchev–Trinajstić information content (AvgIpc) is 2.69. The second-order valence-electron chi connectivity index (χ2n) is 10.1. The molecule has 2 aromatic rings. The Balaban J connectivity index is 2.98. The van der Waals surface area contributed by atoms with E-state index in [1.165, 1.54) is 57.9 Å². The minimum absolute atomic E-state index is 0.518. The maximum atomic E-state index is 2.51. The summed E-state index contributed by atoms with van der Waals surface area (Å²) in [7, 11) is 0.896. The van der Waals surface area contributed by atoms with Gasteiger partial charge in [0.15, 0.2) is 0 Å². The molecule has 0 fully saturated rings. The normalized spacial score (nSPS) is 12.3.